The van der Waals surface area contributed by atoms with Gasteiger partial charge < -0.3 is 21.6 Å². The van der Waals surface area contributed by atoms with E-state index in [0.717, 1.165) is 17.4 Å². The van der Waals surface area contributed by atoms with Gasteiger partial charge in [-0.05, 0) is 20.3 Å². The summed E-state index contributed by atoms with van der Waals surface area (Å²) in [5.41, 5.74) is -0.342. The molecule has 0 radical (unpaired) electrons. The third kappa shape index (κ3) is 7.63. The molecule has 15 heavy (non-hydrogen) atoms. The van der Waals surface area contributed by atoms with Crippen molar-refractivity contribution in [3.05, 3.63) is 0 Å². The molecule has 0 saturated heterocycles. The number of ether oxygens (including phenoxy) is 1. The molecule has 0 bridgehead atoms. The summed E-state index contributed by atoms with van der Waals surface area (Å²) in [4.78, 5) is 11.6. The van der Waals surface area contributed by atoms with Gasteiger partial charge in [0.1, 0.15) is 13.2 Å². The van der Waals surface area contributed by atoms with E-state index in [1.54, 1.807) is 0 Å². The maximum Gasteiger partial charge on any atom is 0.311 e. The molecule has 0 aromatic carbocycles. The molecule has 0 aliphatic carbocycles. The first-order valence-electron chi connectivity index (χ1n) is 5.17. The van der Waals surface area contributed by atoms with Crippen LogP contribution in [0.25, 0.3) is 0 Å². The van der Waals surface area contributed by atoms with Crippen LogP contribution in [0.4, 0.5) is 0 Å². The van der Waals surface area contributed by atoms with Crippen molar-refractivity contribution >= 4 is 5.97 Å². The van der Waals surface area contributed by atoms with Gasteiger partial charge in [0.15, 0.2) is 0 Å². The summed E-state index contributed by atoms with van der Waals surface area (Å²) < 4.78 is 6.04. The molecule has 0 aromatic heterocycles. The molecule has 0 amide bonds. The normalized spacial score (nSPS) is 11.9. The molecule has 0 unspecified atom stereocenters. The Morgan fingerprint density at radius 3 is 2.07 bits per heavy atom. The number of nitrogens with zero attached hydrogens (tertiary/aromatic N) is 1. The summed E-state index contributed by atoms with van der Waals surface area (Å²) in [5, 5.41) is 0. The van der Waals surface area contributed by atoms with E-state index in [9.17, 15) is 4.79 Å². The minimum absolute atomic E-state index is 0. The lowest BCUT2D eigenvalue weighted by Gasteiger charge is -2.25. The third-order valence-electron chi connectivity index (χ3n) is 2.43. The number of rotatable bonds is 5. The quantitative estimate of drug-likeness (QED) is 0.438. The summed E-state index contributed by atoms with van der Waals surface area (Å²) in [6.45, 7) is 7.20. The van der Waals surface area contributed by atoms with E-state index in [2.05, 4.69) is 21.1 Å². The maximum atomic E-state index is 11.6. The average molecular weight is 238 g/mol. The van der Waals surface area contributed by atoms with Crippen LogP contribution >= 0.6 is 0 Å². The first kappa shape index (κ1) is 17.1. The number of esters is 1. The molecular weight excluding hydrogens is 214 g/mol. The van der Waals surface area contributed by atoms with Crippen LogP contribution in [0.2, 0.25) is 0 Å². The van der Waals surface area contributed by atoms with E-state index in [4.69, 9.17) is 4.74 Å². The molecular formula is C11H24ClNO2. The highest BCUT2D eigenvalue weighted by Gasteiger charge is 2.27. The Balaban J connectivity index is 0. The fourth-order valence-corrected chi connectivity index (χ4v) is 0.752. The molecule has 0 fully saturated rings. The van der Waals surface area contributed by atoms with E-state index in [-0.39, 0.29) is 23.8 Å². The van der Waals surface area contributed by atoms with Gasteiger partial charge >= 0.3 is 5.97 Å². The van der Waals surface area contributed by atoms with Gasteiger partial charge in [-0.1, -0.05) is 6.92 Å². The van der Waals surface area contributed by atoms with Crippen LogP contribution in [0.15, 0.2) is 0 Å². The van der Waals surface area contributed by atoms with Gasteiger partial charge in [0, 0.05) is 0 Å². The van der Waals surface area contributed by atoms with Crippen LogP contribution in [0, 0.1) is 5.41 Å². The van der Waals surface area contributed by atoms with E-state index < -0.39 is 0 Å². The second-order valence-corrected chi connectivity index (χ2v) is 5.39. The van der Waals surface area contributed by atoms with Crippen molar-refractivity contribution in [1.29, 1.82) is 0 Å². The van der Waals surface area contributed by atoms with Gasteiger partial charge in [-0.15, -0.1) is 0 Å². The van der Waals surface area contributed by atoms with Gasteiger partial charge in [-0.25, -0.2) is 0 Å². The molecule has 0 rings (SSSR count). The highest BCUT2D eigenvalue weighted by molar-refractivity contribution is 5.75. The van der Waals surface area contributed by atoms with Crippen LogP contribution < -0.4 is 12.4 Å². The first-order chi connectivity index (χ1) is 6.19. The maximum absolute atomic E-state index is 11.6. The minimum atomic E-state index is -0.342. The summed E-state index contributed by atoms with van der Waals surface area (Å²) in [7, 11) is 6.25. The van der Waals surface area contributed by atoms with Crippen molar-refractivity contribution in [3.8, 4) is 0 Å². The molecule has 3 nitrogen and oxygen atoms in total. The van der Waals surface area contributed by atoms with Crippen molar-refractivity contribution in [3.63, 3.8) is 0 Å². The Kier molecular flexibility index (Phi) is 7.23. The number of carbonyl (C=O) groups excluding carboxylic acids is 1. The zero-order valence-corrected chi connectivity index (χ0v) is 11.5. The van der Waals surface area contributed by atoms with Gasteiger partial charge in [0.05, 0.1) is 26.6 Å². The number of carbonyl (C=O) groups is 1. The SMILES string of the molecule is CCC(C)(C)C(=O)OCC[N+](C)(C)C.[Cl-]. The predicted octanol–water partition coefficient (Wildman–Crippen LogP) is -1.32. The third-order valence-corrected chi connectivity index (χ3v) is 2.43. The molecule has 0 spiro atoms. The zero-order chi connectivity index (χ0) is 11.4. The molecule has 0 aromatic rings. The number of quaternary nitrogens is 1. The largest absolute Gasteiger partial charge is 1.00 e. The summed E-state index contributed by atoms with van der Waals surface area (Å²) in [6.07, 6.45) is 0.816. The Hall–Kier alpha value is -0.280. The molecule has 0 atom stereocenters. The van der Waals surface area contributed by atoms with Crippen molar-refractivity contribution in [2.45, 2.75) is 27.2 Å². The van der Waals surface area contributed by atoms with Crippen LogP contribution in [-0.4, -0.2) is 44.7 Å². The highest BCUT2D eigenvalue weighted by Crippen LogP contribution is 2.21. The first-order valence-corrected chi connectivity index (χ1v) is 5.17. The van der Waals surface area contributed by atoms with Crippen molar-refractivity contribution in [2.24, 2.45) is 5.41 Å². The van der Waals surface area contributed by atoms with E-state index in [1.807, 2.05) is 20.8 Å². The highest BCUT2D eigenvalue weighted by atomic mass is 35.5. The lowest BCUT2D eigenvalue weighted by atomic mass is 9.91. The Bertz CT molecular complexity index is 197. The Morgan fingerprint density at radius 1 is 1.27 bits per heavy atom. The van der Waals surface area contributed by atoms with E-state index in [0.29, 0.717) is 6.61 Å². The molecule has 4 heteroatoms. The van der Waals surface area contributed by atoms with Crippen molar-refractivity contribution < 1.29 is 26.4 Å². The smallest absolute Gasteiger partial charge is 0.311 e. The second-order valence-electron chi connectivity index (χ2n) is 5.39. The number of likely N-dealkylation sites (N-methyl/N-ethyl adjacent to an activating group) is 1. The summed E-state index contributed by atoms with van der Waals surface area (Å²) >= 11 is 0. The summed E-state index contributed by atoms with van der Waals surface area (Å²) in [6, 6.07) is 0. The fourth-order valence-electron chi connectivity index (χ4n) is 0.752. The zero-order valence-electron chi connectivity index (χ0n) is 10.8. The van der Waals surface area contributed by atoms with Gasteiger partial charge in [0.2, 0.25) is 0 Å². The molecule has 92 valence electrons. The molecule has 0 aliphatic heterocycles. The number of halogens is 1. The van der Waals surface area contributed by atoms with Crippen LogP contribution in [-0.2, 0) is 9.53 Å². The van der Waals surface area contributed by atoms with E-state index in [1.165, 1.54) is 0 Å². The topological polar surface area (TPSA) is 26.3 Å². The van der Waals surface area contributed by atoms with Gasteiger partial charge in [-0.3, -0.25) is 4.79 Å². The lowest BCUT2D eigenvalue weighted by molar-refractivity contribution is -0.870. The van der Waals surface area contributed by atoms with Gasteiger partial charge in [0.25, 0.3) is 0 Å². The Labute approximate surface area is 99.8 Å². The van der Waals surface area contributed by atoms with Crippen molar-refractivity contribution in [2.75, 3.05) is 34.3 Å². The van der Waals surface area contributed by atoms with Gasteiger partial charge in [-0.2, -0.15) is 0 Å². The average Bonchev–Trinajstić information content (AvgIpc) is 2.02. The van der Waals surface area contributed by atoms with E-state index >= 15 is 0 Å². The summed E-state index contributed by atoms with van der Waals surface area (Å²) in [5.74, 6) is -0.0894. The minimum Gasteiger partial charge on any atom is -1.00 e. The van der Waals surface area contributed by atoms with Crippen LogP contribution in [0.3, 0.4) is 0 Å². The predicted molar refractivity (Wildman–Crippen MR) is 57.9 cm³/mol. The van der Waals surface area contributed by atoms with Crippen LogP contribution in [0.1, 0.15) is 27.2 Å². The number of hydrogen-bond acceptors (Lipinski definition) is 2. The molecule has 0 saturated carbocycles. The van der Waals surface area contributed by atoms with Crippen molar-refractivity contribution in [1.82, 2.24) is 0 Å². The Morgan fingerprint density at radius 2 is 1.73 bits per heavy atom. The molecule has 0 aliphatic rings. The lowest BCUT2D eigenvalue weighted by Crippen LogP contribution is -3.00. The fraction of sp³-hybridized carbons (Fsp3) is 0.909. The molecule has 0 heterocycles. The number of hydrogen-bond donors (Lipinski definition) is 0. The van der Waals surface area contributed by atoms with Crippen LogP contribution in [0.5, 0.6) is 0 Å². The second kappa shape index (κ2) is 6.33. The molecule has 0 N–H and O–H groups in total. The standard InChI is InChI=1S/C11H24NO2.ClH/c1-7-11(2,3)10(13)14-9-8-12(4,5)6;/h7-9H2,1-6H3;1H/q+1;/p-1. The monoisotopic (exact) mass is 237 g/mol.